The molecular weight excluding hydrogens is 252 g/mol. The first-order chi connectivity index (χ1) is 8.18. The smallest absolute Gasteiger partial charge is 0.0474 e. The number of anilines is 1. The van der Waals surface area contributed by atoms with Crippen molar-refractivity contribution in [3.8, 4) is 0 Å². The minimum Gasteiger partial charge on any atom is -0.371 e. The SMILES string of the molecule is CC(N)c1ccc(N2CCCSCC2)cc1Cl. The van der Waals surface area contributed by atoms with E-state index < -0.39 is 0 Å². The third kappa shape index (κ3) is 3.30. The molecule has 1 unspecified atom stereocenters. The van der Waals surface area contributed by atoms with Crippen LogP contribution in [0, 0.1) is 0 Å². The summed E-state index contributed by atoms with van der Waals surface area (Å²) in [7, 11) is 0. The lowest BCUT2D eigenvalue weighted by atomic mass is 10.1. The second kappa shape index (κ2) is 5.98. The van der Waals surface area contributed by atoms with Crippen molar-refractivity contribution in [2.75, 3.05) is 29.5 Å². The van der Waals surface area contributed by atoms with E-state index in [0.717, 1.165) is 23.7 Å². The van der Waals surface area contributed by atoms with Crippen LogP contribution in [-0.4, -0.2) is 24.6 Å². The second-order valence-electron chi connectivity index (χ2n) is 4.45. The number of nitrogens with zero attached hydrogens (tertiary/aromatic N) is 1. The van der Waals surface area contributed by atoms with Gasteiger partial charge in [0, 0.05) is 35.6 Å². The summed E-state index contributed by atoms with van der Waals surface area (Å²) < 4.78 is 0. The molecule has 2 N–H and O–H groups in total. The molecule has 4 heteroatoms. The zero-order chi connectivity index (χ0) is 12.3. The van der Waals surface area contributed by atoms with Crippen LogP contribution in [0.25, 0.3) is 0 Å². The minimum absolute atomic E-state index is 0.00348. The van der Waals surface area contributed by atoms with Crippen molar-refractivity contribution in [2.45, 2.75) is 19.4 Å². The molecule has 1 fully saturated rings. The third-order valence-electron chi connectivity index (χ3n) is 3.06. The van der Waals surface area contributed by atoms with Crippen LogP contribution < -0.4 is 10.6 Å². The Morgan fingerprint density at radius 1 is 1.35 bits per heavy atom. The maximum Gasteiger partial charge on any atom is 0.0474 e. The van der Waals surface area contributed by atoms with E-state index in [-0.39, 0.29) is 6.04 Å². The summed E-state index contributed by atoms with van der Waals surface area (Å²) in [4.78, 5) is 2.41. The standard InChI is InChI=1S/C13H19ClN2S/c1-10(15)12-4-3-11(9-13(12)14)16-5-2-7-17-8-6-16/h3-4,9-10H,2,5-8,15H2,1H3. The van der Waals surface area contributed by atoms with Crippen LogP contribution in [0.4, 0.5) is 5.69 Å². The van der Waals surface area contributed by atoms with Gasteiger partial charge in [0.1, 0.15) is 0 Å². The molecule has 0 bridgehead atoms. The minimum atomic E-state index is -0.00348. The summed E-state index contributed by atoms with van der Waals surface area (Å²) in [5.41, 5.74) is 8.12. The molecular formula is C13H19ClN2S. The summed E-state index contributed by atoms with van der Waals surface area (Å²) in [5, 5.41) is 0.786. The quantitative estimate of drug-likeness (QED) is 0.894. The molecule has 94 valence electrons. The molecule has 0 aromatic heterocycles. The average molecular weight is 271 g/mol. The Labute approximate surface area is 113 Å². The van der Waals surface area contributed by atoms with Gasteiger partial charge in [0.25, 0.3) is 0 Å². The van der Waals surface area contributed by atoms with Crippen molar-refractivity contribution in [3.63, 3.8) is 0 Å². The van der Waals surface area contributed by atoms with Gasteiger partial charge in [-0.3, -0.25) is 0 Å². The van der Waals surface area contributed by atoms with Crippen LogP contribution in [0.15, 0.2) is 18.2 Å². The van der Waals surface area contributed by atoms with Crippen molar-refractivity contribution < 1.29 is 0 Å². The lowest BCUT2D eigenvalue weighted by molar-refractivity contribution is 0.805. The topological polar surface area (TPSA) is 29.3 Å². The Balaban J connectivity index is 2.18. The number of hydrogen-bond donors (Lipinski definition) is 1. The number of benzene rings is 1. The Bertz CT molecular complexity index is 374. The summed E-state index contributed by atoms with van der Waals surface area (Å²) in [6.07, 6.45) is 1.25. The van der Waals surface area contributed by atoms with E-state index in [1.165, 1.54) is 23.6 Å². The van der Waals surface area contributed by atoms with Crippen LogP contribution in [0.3, 0.4) is 0 Å². The molecule has 1 heterocycles. The Kier molecular flexibility index (Phi) is 4.60. The van der Waals surface area contributed by atoms with Gasteiger partial charge in [-0.05, 0) is 36.8 Å². The summed E-state index contributed by atoms with van der Waals surface area (Å²) in [5.74, 6) is 2.47. The van der Waals surface area contributed by atoms with Gasteiger partial charge in [-0.25, -0.2) is 0 Å². The molecule has 17 heavy (non-hydrogen) atoms. The molecule has 1 aromatic rings. The molecule has 0 aliphatic carbocycles. The molecule has 0 radical (unpaired) electrons. The normalized spacial score (nSPS) is 18.9. The summed E-state index contributed by atoms with van der Waals surface area (Å²) >= 11 is 8.30. The molecule has 2 nitrogen and oxygen atoms in total. The van der Waals surface area contributed by atoms with Crippen LogP contribution in [0.2, 0.25) is 5.02 Å². The van der Waals surface area contributed by atoms with Gasteiger partial charge in [0.15, 0.2) is 0 Å². The second-order valence-corrected chi connectivity index (χ2v) is 6.08. The van der Waals surface area contributed by atoms with Crippen molar-refractivity contribution in [2.24, 2.45) is 5.73 Å². The Morgan fingerprint density at radius 3 is 2.88 bits per heavy atom. The van der Waals surface area contributed by atoms with E-state index in [9.17, 15) is 0 Å². The van der Waals surface area contributed by atoms with Gasteiger partial charge >= 0.3 is 0 Å². The van der Waals surface area contributed by atoms with E-state index in [2.05, 4.69) is 23.1 Å². The number of nitrogens with two attached hydrogens (primary N) is 1. The number of rotatable bonds is 2. The van der Waals surface area contributed by atoms with Crippen LogP contribution in [0.5, 0.6) is 0 Å². The first-order valence-electron chi connectivity index (χ1n) is 6.06. The zero-order valence-corrected chi connectivity index (χ0v) is 11.7. The number of thioether (sulfide) groups is 1. The summed E-state index contributed by atoms with van der Waals surface area (Å²) in [6, 6.07) is 6.24. The maximum absolute atomic E-state index is 6.27. The van der Waals surface area contributed by atoms with Crippen molar-refractivity contribution >= 4 is 29.1 Å². The number of hydrogen-bond acceptors (Lipinski definition) is 3. The van der Waals surface area contributed by atoms with Crippen molar-refractivity contribution in [1.82, 2.24) is 0 Å². The van der Waals surface area contributed by atoms with Crippen LogP contribution in [0.1, 0.15) is 24.9 Å². The van der Waals surface area contributed by atoms with E-state index in [4.69, 9.17) is 17.3 Å². The van der Waals surface area contributed by atoms with Crippen molar-refractivity contribution in [3.05, 3.63) is 28.8 Å². The first-order valence-corrected chi connectivity index (χ1v) is 7.59. The average Bonchev–Trinajstić information content (AvgIpc) is 2.56. The molecule has 0 spiro atoms. The fourth-order valence-electron chi connectivity index (χ4n) is 2.09. The maximum atomic E-state index is 6.27. The van der Waals surface area contributed by atoms with Gasteiger partial charge in [-0.1, -0.05) is 17.7 Å². The molecule has 1 atom stereocenters. The Hall–Kier alpha value is -0.380. The molecule has 1 aromatic carbocycles. The van der Waals surface area contributed by atoms with Crippen molar-refractivity contribution in [1.29, 1.82) is 0 Å². The predicted octanol–water partition coefficient (Wildman–Crippen LogP) is 3.30. The van der Waals surface area contributed by atoms with Gasteiger partial charge < -0.3 is 10.6 Å². The van der Waals surface area contributed by atoms with Gasteiger partial charge in [-0.15, -0.1) is 0 Å². The highest BCUT2D eigenvalue weighted by Gasteiger charge is 2.12. The fourth-order valence-corrected chi connectivity index (χ4v) is 3.32. The predicted molar refractivity (Wildman–Crippen MR) is 78.2 cm³/mol. The van der Waals surface area contributed by atoms with E-state index in [0.29, 0.717) is 0 Å². The molecule has 2 rings (SSSR count). The number of halogens is 1. The third-order valence-corrected chi connectivity index (χ3v) is 4.44. The highest BCUT2D eigenvalue weighted by Crippen LogP contribution is 2.28. The largest absolute Gasteiger partial charge is 0.371 e. The van der Waals surface area contributed by atoms with Gasteiger partial charge in [-0.2, -0.15) is 11.8 Å². The van der Waals surface area contributed by atoms with Gasteiger partial charge in [0.2, 0.25) is 0 Å². The zero-order valence-electron chi connectivity index (χ0n) is 10.2. The van der Waals surface area contributed by atoms with Crippen LogP contribution >= 0.6 is 23.4 Å². The lowest BCUT2D eigenvalue weighted by Crippen LogP contribution is -2.25. The van der Waals surface area contributed by atoms with Crippen LogP contribution in [-0.2, 0) is 0 Å². The molecule has 0 amide bonds. The van der Waals surface area contributed by atoms with E-state index in [1.807, 2.05) is 18.7 Å². The van der Waals surface area contributed by atoms with E-state index >= 15 is 0 Å². The first kappa shape index (κ1) is 13.1. The van der Waals surface area contributed by atoms with E-state index in [1.54, 1.807) is 0 Å². The molecule has 1 aliphatic heterocycles. The lowest BCUT2D eigenvalue weighted by Gasteiger charge is -2.23. The Morgan fingerprint density at radius 2 is 2.18 bits per heavy atom. The highest BCUT2D eigenvalue weighted by atomic mass is 35.5. The fraction of sp³-hybridized carbons (Fsp3) is 0.538. The molecule has 0 saturated carbocycles. The summed E-state index contributed by atoms with van der Waals surface area (Å²) in [6.45, 7) is 4.20. The monoisotopic (exact) mass is 270 g/mol. The highest BCUT2D eigenvalue weighted by molar-refractivity contribution is 7.99. The molecule has 1 saturated heterocycles. The molecule has 1 aliphatic rings. The van der Waals surface area contributed by atoms with Gasteiger partial charge in [0.05, 0.1) is 0 Å².